The molecular weight excluding hydrogens is 299 g/mol. The van der Waals surface area contributed by atoms with Crippen molar-refractivity contribution in [3.05, 3.63) is 42.2 Å². The number of piperidine rings is 1. The zero-order valence-corrected chi connectivity index (χ0v) is 12.7. The molecule has 0 aliphatic carbocycles. The summed E-state index contributed by atoms with van der Waals surface area (Å²) < 4.78 is 18.8. The lowest BCUT2D eigenvalue weighted by atomic mass is 10.0. The first kappa shape index (κ1) is 15.5. The van der Waals surface area contributed by atoms with Crippen LogP contribution in [0.1, 0.15) is 37.5 Å². The number of ether oxygens (including phenoxy) is 1. The van der Waals surface area contributed by atoms with E-state index < -0.39 is 5.82 Å². The first-order valence-corrected chi connectivity index (χ1v) is 7.78. The van der Waals surface area contributed by atoms with E-state index in [1.807, 2.05) is 4.90 Å². The van der Waals surface area contributed by atoms with Gasteiger partial charge >= 0.3 is 0 Å². The van der Waals surface area contributed by atoms with Gasteiger partial charge in [-0.25, -0.2) is 9.37 Å². The highest BCUT2D eigenvalue weighted by molar-refractivity contribution is 5.76. The van der Waals surface area contributed by atoms with E-state index in [-0.39, 0.29) is 30.7 Å². The molecule has 1 N–H and O–H groups in total. The van der Waals surface area contributed by atoms with Crippen LogP contribution in [0.4, 0.5) is 4.39 Å². The summed E-state index contributed by atoms with van der Waals surface area (Å²) in [6, 6.07) is 6.13. The second kappa shape index (κ2) is 7.21. The Hall–Kier alpha value is -2.44. The van der Waals surface area contributed by atoms with Crippen molar-refractivity contribution in [2.24, 2.45) is 0 Å². The average molecular weight is 318 g/mol. The zero-order chi connectivity index (χ0) is 16.1. The number of H-pyrrole nitrogens is 1. The number of amides is 1. The molecule has 23 heavy (non-hydrogen) atoms. The summed E-state index contributed by atoms with van der Waals surface area (Å²) in [4.78, 5) is 18.5. The molecule has 2 heterocycles. The molecular formula is C16H19FN4O2. The van der Waals surface area contributed by atoms with Crippen molar-refractivity contribution in [1.29, 1.82) is 0 Å². The molecule has 6 nitrogen and oxygen atoms in total. The second-order valence-electron chi connectivity index (χ2n) is 5.50. The molecule has 3 rings (SSSR count). The molecule has 1 aromatic heterocycles. The van der Waals surface area contributed by atoms with E-state index in [1.165, 1.54) is 12.4 Å². The number of hydrogen-bond donors (Lipinski definition) is 1. The number of halogens is 1. The Labute approximate surface area is 133 Å². The van der Waals surface area contributed by atoms with Gasteiger partial charge in [-0.05, 0) is 31.4 Å². The highest BCUT2D eigenvalue weighted by atomic mass is 19.1. The average Bonchev–Trinajstić information content (AvgIpc) is 3.11. The molecule has 1 fully saturated rings. The maximum atomic E-state index is 13.5. The van der Waals surface area contributed by atoms with E-state index in [0.717, 1.165) is 19.3 Å². The summed E-state index contributed by atoms with van der Waals surface area (Å²) in [5.41, 5.74) is 0. The number of nitrogens with zero attached hydrogens (tertiary/aromatic N) is 3. The zero-order valence-electron chi connectivity index (χ0n) is 12.7. The number of hydrogen-bond acceptors (Lipinski definition) is 4. The fraction of sp³-hybridized carbons (Fsp3) is 0.438. The van der Waals surface area contributed by atoms with Crippen molar-refractivity contribution >= 4 is 5.91 Å². The smallest absolute Gasteiger partial charge is 0.226 e. The number of rotatable bonds is 5. The first-order valence-electron chi connectivity index (χ1n) is 7.78. The molecule has 1 aliphatic rings. The lowest BCUT2D eigenvalue weighted by Crippen LogP contribution is -2.39. The Balaban J connectivity index is 1.57. The topological polar surface area (TPSA) is 71.1 Å². The molecule has 7 heteroatoms. The molecule has 0 radical (unpaired) electrons. The highest BCUT2D eigenvalue weighted by Crippen LogP contribution is 2.29. The Morgan fingerprint density at radius 3 is 3.04 bits per heavy atom. The van der Waals surface area contributed by atoms with Gasteiger partial charge in [-0.1, -0.05) is 12.1 Å². The van der Waals surface area contributed by atoms with E-state index in [4.69, 9.17) is 4.74 Å². The summed E-state index contributed by atoms with van der Waals surface area (Å²) in [6.07, 6.45) is 4.56. The summed E-state index contributed by atoms with van der Waals surface area (Å²) in [6.45, 7) is 0.850. The van der Waals surface area contributed by atoms with Gasteiger partial charge in [0.15, 0.2) is 11.6 Å². The van der Waals surface area contributed by atoms with Gasteiger partial charge in [0.25, 0.3) is 0 Å². The Kier molecular flexibility index (Phi) is 4.85. The predicted octanol–water partition coefficient (Wildman–Crippen LogP) is 2.47. The van der Waals surface area contributed by atoms with Crippen molar-refractivity contribution in [1.82, 2.24) is 20.1 Å². The molecule has 1 atom stereocenters. The maximum Gasteiger partial charge on any atom is 0.226 e. The van der Waals surface area contributed by atoms with Gasteiger partial charge in [0, 0.05) is 6.54 Å². The normalized spacial score (nSPS) is 18.0. The lowest BCUT2D eigenvalue weighted by Gasteiger charge is -2.34. The first-order chi connectivity index (χ1) is 11.3. The van der Waals surface area contributed by atoms with E-state index in [0.29, 0.717) is 12.4 Å². The number of para-hydroxylation sites is 1. The third-order valence-electron chi connectivity index (χ3n) is 3.98. The van der Waals surface area contributed by atoms with Crippen LogP contribution in [0.2, 0.25) is 0 Å². The minimum Gasteiger partial charge on any atom is -0.490 e. The highest BCUT2D eigenvalue weighted by Gasteiger charge is 2.29. The minimum atomic E-state index is -0.419. The number of likely N-dealkylation sites (tertiary alicyclic amines) is 1. The largest absolute Gasteiger partial charge is 0.490 e. The second-order valence-corrected chi connectivity index (χ2v) is 5.50. The molecule has 1 aliphatic heterocycles. The number of aromatic nitrogens is 3. The predicted molar refractivity (Wildman–Crippen MR) is 81.2 cm³/mol. The number of benzene rings is 1. The number of carbonyl (C=O) groups is 1. The summed E-state index contributed by atoms with van der Waals surface area (Å²) >= 11 is 0. The van der Waals surface area contributed by atoms with Crippen molar-refractivity contribution in [2.75, 3.05) is 13.2 Å². The minimum absolute atomic E-state index is 0.0116. The van der Waals surface area contributed by atoms with Gasteiger partial charge in [-0.15, -0.1) is 0 Å². The van der Waals surface area contributed by atoms with Gasteiger partial charge < -0.3 is 9.64 Å². The van der Waals surface area contributed by atoms with Crippen molar-refractivity contribution < 1.29 is 13.9 Å². The van der Waals surface area contributed by atoms with E-state index >= 15 is 0 Å². The number of aromatic amines is 1. The number of nitrogens with one attached hydrogen (secondary N) is 1. The Morgan fingerprint density at radius 2 is 2.26 bits per heavy atom. The van der Waals surface area contributed by atoms with Crippen LogP contribution in [0.15, 0.2) is 30.6 Å². The van der Waals surface area contributed by atoms with E-state index in [1.54, 1.807) is 18.2 Å². The molecule has 1 amide bonds. The molecule has 2 aromatic rings. The molecule has 0 saturated carbocycles. The summed E-state index contributed by atoms with van der Waals surface area (Å²) in [5, 5.41) is 6.71. The van der Waals surface area contributed by atoms with Crippen LogP contribution in [-0.2, 0) is 4.79 Å². The van der Waals surface area contributed by atoms with E-state index in [2.05, 4.69) is 15.2 Å². The van der Waals surface area contributed by atoms with Crippen LogP contribution < -0.4 is 4.74 Å². The quantitative estimate of drug-likeness (QED) is 0.919. The lowest BCUT2D eigenvalue weighted by molar-refractivity contribution is -0.135. The third kappa shape index (κ3) is 3.67. The Bertz CT molecular complexity index is 647. The maximum absolute atomic E-state index is 13.5. The SMILES string of the molecule is O=C(CCOc1ccccc1F)N1CCCCC1c1ncn[nH]1. The van der Waals surface area contributed by atoms with Crippen molar-refractivity contribution in [3.8, 4) is 5.75 Å². The number of carbonyl (C=O) groups excluding carboxylic acids is 1. The van der Waals surface area contributed by atoms with Crippen LogP contribution in [-0.4, -0.2) is 39.1 Å². The van der Waals surface area contributed by atoms with Gasteiger partial charge in [0.2, 0.25) is 5.91 Å². The fourth-order valence-corrected chi connectivity index (χ4v) is 2.84. The summed E-state index contributed by atoms with van der Waals surface area (Å²) in [5.74, 6) is 0.457. The van der Waals surface area contributed by atoms with Crippen LogP contribution >= 0.6 is 0 Å². The van der Waals surface area contributed by atoms with Gasteiger partial charge in [-0.2, -0.15) is 5.10 Å². The van der Waals surface area contributed by atoms with E-state index in [9.17, 15) is 9.18 Å². The monoisotopic (exact) mass is 318 g/mol. The molecule has 0 bridgehead atoms. The van der Waals surface area contributed by atoms with Crippen LogP contribution in [0.25, 0.3) is 0 Å². The van der Waals surface area contributed by atoms with Crippen LogP contribution in [0, 0.1) is 5.82 Å². The summed E-state index contributed by atoms with van der Waals surface area (Å²) in [7, 11) is 0. The molecule has 1 unspecified atom stereocenters. The van der Waals surface area contributed by atoms with Crippen LogP contribution in [0.5, 0.6) is 5.75 Å². The Morgan fingerprint density at radius 1 is 1.39 bits per heavy atom. The third-order valence-corrected chi connectivity index (χ3v) is 3.98. The van der Waals surface area contributed by atoms with Gasteiger partial charge in [-0.3, -0.25) is 9.89 Å². The van der Waals surface area contributed by atoms with Gasteiger partial charge in [0.1, 0.15) is 12.2 Å². The fourth-order valence-electron chi connectivity index (χ4n) is 2.84. The van der Waals surface area contributed by atoms with Gasteiger partial charge in [0.05, 0.1) is 19.1 Å². The standard InChI is InChI=1S/C16H19FN4O2/c17-12-5-1-2-7-14(12)23-10-8-15(22)21-9-4-3-6-13(21)16-18-11-19-20-16/h1-2,5,7,11,13H,3-4,6,8-10H2,(H,18,19,20). The van der Waals surface area contributed by atoms with Crippen LogP contribution in [0.3, 0.4) is 0 Å². The molecule has 1 aromatic carbocycles. The molecule has 1 saturated heterocycles. The molecule has 0 spiro atoms. The van der Waals surface area contributed by atoms with Crippen molar-refractivity contribution in [3.63, 3.8) is 0 Å². The van der Waals surface area contributed by atoms with Crippen molar-refractivity contribution in [2.45, 2.75) is 31.7 Å². The molecule has 122 valence electrons.